The zero-order valence-corrected chi connectivity index (χ0v) is 17.9. The molecule has 2 N–H and O–H groups in total. The molecule has 0 unspecified atom stereocenters. The Bertz CT molecular complexity index is 667. The van der Waals surface area contributed by atoms with E-state index in [1.165, 1.54) is 0 Å². The van der Waals surface area contributed by atoms with Crippen molar-refractivity contribution < 1.29 is 15.2 Å². The normalized spacial score (nSPS) is 23.5. The van der Waals surface area contributed by atoms with Crippen LogP contribution in [0.4, 0.5) is 0 Å². The van der Waals surface area contributed by atoms with Crippen molar-refractivity contribution in [3.05, 3.63) is 34.7 Å². The van der Waals surface area contributed by atoms with E-state index in [-0.39, 0.29) is 16.6 Å². The highest BCUT2D eigenvalue weighted by Gasteiger charge is 2.56. The minimum Gasteiger partial charge on any atom is -0.289 e. The van der Waals surface area contributed by atoms with E-state index in [4.69, 9.17) is 0 Å². The number of rotatable bonds is 0. The SMILES string of the molecule is CC(C)(C)C1=CC(=C2N(O)C(C)(C)C(C)(C)N2O)C=C(C(C)(C)C)C1=O. The second-order valence-electron chi connectivity index (χ2n) is 10.5. The van der Waals surface area contributed by atoms with Gasteiger partial charge in [0.1, 0.15) is 0 Å². The first kappa shape index (κ1) is 20.7. The van der Waals surface area contributed by atoms with Crippen molar-refractivity contribution in [2.75, 3.05) is 0 Å². The van der Waals surface area contributed by atoms with E-state index in [1.807, 2.05) is 69.2 Å². The Labute approximate surface area is 157 Å². The predicted octanol–water partition coefficient (Wildman–Crippen LogP) is 4.68. The number of hydroxylamine groups is 4. The molecule has 2 rings (SSSR count). The van der Waals surface area contributed by atoms with Crippen LogP contribution in [0.5, 0.6) is 0 Å². The van der Waals surface area contributed by atoms with E-state index in [2.05, 4.69) is 0 Å². The van der Waals surface area contributed by atoms with Gasteiger partial charge < -0.3 is 0 Å². The van der Waals surface area contributed by atoms with Gasteiger partial charge in [0.25, 0.3) is 0 Å². The molecule has 1 aliphatic carbocycles. The fourth-order valence-corrected chi connectivity index (χ4v) is 3.25. The van der Waals surface area contributed by atoms with Crippen LogP contribution >= 0.6 is 0 Å². The molecule has 0 atom stereocenters. The first-order valence-corrected chi connectivity index (χ1v) is 9.15. The molecule has 146 valence electrons. The van der Waals surface area contributed by atoms with Crippen LogP contribution in [0, 0.1) is 10.8 Å². The smallest absolute Gasteiger partial charge is 0.186 e. The minimum absolute atomic E-state index is 0.0276. The molecule has 5 nitrogen and oxygen atoms in total. The number of carbonyl (C=O) groups is 1. The Morgan fingerprint density at radius 3 is 1.35 bits per heavy atom. The van der Waals surface area contributed by atoms with Gasteiger partial charge in [0.2, 0.25) is 0 Å². The molecule has 0 spiro atoms. The van der Waals surface area contributed by atoms with E-state index >= 15 is 0 Å². The second kappa shape index (κ2) is 5.70. The van der Waals surface area contributed by atoms with Crippen LogP contribution in [0.15, 0.2) is 34.7 Å². The van der Waals surface area contributed by atoms with Crippen molar-refractivity contribution in [1.29, 1.82) is 0 Å². The zero-order chi connectivity index (χ0) is 20.5. The lowest BCUT2D eigenvalue weighted by molar-refractivity contribution is -0.125. The lowest BCUT2D eigenvalue weighted by Crippen LogP contribution is -2.52. The van der Waals surface area contributed by atoms with E-state index in [0.29, 0.717) is 22.5 Å². The van der Waals surface area contributed by atoms with Gasteiger partial charge in [0.15, 0.2) is 11.6 Å². The summed E-state index contributed by atoms with van der Waals surface area (Å²) in [5.41, 5.74) is -0.124. The van der Waals surface area contributed by atoms with Gasteiger partial charge >= 0.3 is 0 Å². The summed E-state index contributed by atoms with van der Waals surface area (Å²) < 4.78 is 0. The third kappa shape index (κ3) is 2.91. The summed E-state index contributed by atoms with van der Waals surface area (Å²) in [6.07, 6.45) is 3.60. The molecule has 0 saturated carbocycles. The average molecular weight is 363 g/mol. The molecule has 0 aromatic carbocycles. The molecule has 0 amide bonds. The molecule has 5 heteroatoms. The minimum atomic E-state index is -0.711. The second-order valence-corrected chi connectivity index (χ2v) is 10.5. The third-order valence-corrected chi connectivity index (χ3v) is 5.92. The zero-order valence-electron chi connectivity index (χ0n) is 17.9. The summed E-state index contributed by atoms with van der Waals surface area (Å²) in [5.74, 6) is 0.329. The Hall–Kier alpha value is -1.59. The first-order valence-electron chi connectivity index (χ1n) is 9.15. The van der Waals surface area contributed by atoms with Gasteiger partial charge in [-0.15, -0.1) is 0 Å². The lowest BCUT2D eigenvalue weighted by atomic mass is 9.72. The van der Waals surface area contributed by atoms with Crippen LogP contribution in [0.25, 0.3) is 0 Å². The molecule has 1 saturated heterocycles. The number of Topliss-reactive ketones (excluding diaryl/α,β-unsaturated/α-hetero) is 1. The molecule has 1 aliphatic heterocycles. The standard InChI is InChI=1S/C21H34N2O3/c1-18(2,3)14-11-13(12-15(16(14)24)19(4,5)6)17-22(25)20(7,8)21(9,10)23(17)26/h11-12,25-26H,1-10H3. The van der Waals surface area contributed by atoms with Crippen molar-refractivity contribution in [3.8, 4) is 0 Å². The molecule has 1 heterocycles. The number of carbonyl (C=O) groups excluding carboxylic acids is 1. The van der Waals surface area contributed by atoms with Gasteiger partial charge in [-0.2, -0.15) is 0 Å². The monoisotopic (exact) mass is 362 g/mol. The van der Waals surface area contributed by atoms with E-state index in [0.717, 1.165) is 10.1 Å². The molecular formula is C21H34N2O3. The fraction of sp³-hybridized carbons (Fsp3) is 0.667. The molecule has 1 fully saturated rings. The first-order chi connectivity index (χ1) is 11.4. The van der Waals surface area contributed by atoms with E-state index in [1.54, 1.807) is 12.2 Å². The van der Waals surface area contributed by atoms with Crippen molar-refractivity contribution in [1.82, 2.24) is 10.1 Å². The Morgan fingerprint density at radius 1 is 0.769 bits per heavy atom. The molecule has 0 bridgehead atoms. The quantitative estimate of drug-likeness (QED) is 0.655. The average Bonchev–Trinajstić information content (AvgIpc) is 2.56. The van der Waals surface area contributed by atoms with Crippen molar-refractivity contribution >= 4 is 5.78 Å². The summed E-state index contributed by atoms with van der Waals surface area (Å²) in [4.78, 5) is 13.1. The predicted molar refractivity (Wildman–Crippen MR) is 103 cm³/mol. The van der Waals surface area contributed by atoms with Crippen LogP contribution in [0.1, 0.15) is 69.2 Å². The molecule has 26 heavy (non-hydrogen) atoms. The Kier molecular flexibility index (Phi) is 4.54. The highest BCUT2D eigenvalue weighted by Crippen LogP contribution is 2.46. The van der Waals surface area contributed by atoms with Crippen LogP contribution in [0.3, 0.4) is 0 Å². The maximum Gasteiger partial charge on any atom is 0.186 e. The lowest BCUT2D eigenvalue weighted by Gasteiger charge is -2.37. The number of nitrogens with zero attached hydrogens (tertiary/aromatic N) is 2. The van der Waals surface area contributed by atoms with Crippen molar-refractivity contribution in [2.45, 2.75) is 80.3 Å². The molecule has 2 aliphatic rings. The number of allylic oxidation sites excluding steroid dienone is 5. The van der Waals surface area contributed by atoms with Gasteiger partial charge in [-0.05, 0) is 50.7 Å². The Balaban J connectivity index is 2.81. The number of ketones is 1. The van der Waals surface area contributed by atoms with Crippen molar-refractivity contribution in [3.63, 3.8) is 0 Å². The van der Waals surface area contributed by atoms with Crippen LogP contribution in [0.2, 0.25) is 0 Å². The van der Waals surface area contributed by atoms with Gasteiger partial charge in [0.05, 0.1) is 11.1 Å². The van der Waals surface area contributed by atoms with Crippen LogP contribution in [-0.4, -0.2) is 37.4 Å². The van der Waals surface area contributed by atoms with Crippen LogP contribution in [-0.2, 0) is 4.79 Å². The third-order valence-electron chi connectivity index (χ3n) is 5.92. The van der Waals surface area contributed by atoms with Gasteiger partial charge in [-0.25, -0.2) is 10.1 Å². The maximum atomic E-state index is 13.1. The molecule has 0 aromatic heterocycles. The largest absolute Gasteiger partial charge is 0.289 e. The molecule has 0 aromatic rings. The molecular weight excluding hydrogens is 328 g/mol. The summed E-state index contributed by atoms with van der Waals surface area (Å²) >= 11 is 0. The Morgan fingerprint density at radius 2 is 1.08 bits per heavy atom. The molecule has 0 radical (unpaired) electrons. The topological polar surface area (TPSA) is 64.0 Å². The van der Waals surface area contributed by atoms with E-state index in [9.17, 15) is 15.2 Å². The van der Waals surface area contributed by atoms with Gasteiger partial charge in [-0.3, -0.25) is 15.2 Å². The van der Waals surface area contributed by atoms with Crippen LogP contribution < -0.4 is 0 Å². The summed E-state index contributed by atoms with van der Waals surface area (Å²) in [7, 11) is 0. The van der Waals surface area contributed by atoms with Gasteiger partial charge in [-0.1, -0.05) is 41.5 Å². The maximum absolute atomic E-state index is 13.1. The van der Waals surface area contributed by atoms with E-state index < -0.39 is 11.1 Å². The summed E-state index contributed by atoms with van der Waals surface area (Å²) in [6.45, 7) is 19.5. The summed E-state index contributed by atoms with van der Waals surface area (Å²) in [5, 5.41) is 23.9. The van der Waals surface area contributed by atoms with Gasteiger partial charge in [0, 0.05) is 16.7 Å². The summed E-state index contributed by atoms with van der Waals surface area (Å²) in [6, 6.07) is 0. The van der Waals surface area contributed by atoms with Crippen molar-refractivity contribution in [2.24, 2.45) is 10.8 Å². The fourth-order valence-electron chi connectivity index (χ4n) is 3.25. The highest BCUT2D eigenvalue weighted by atomic mass is 16.6. The number of hydrogen-bond acceptors (Lipinski definition) is 5. The highest BCUT2D eigenvalue weighted by molar-refractivity contribution is 6.11. The number of hydrogen-bond donors (Lipinski definition) is 2.